The van der Waals surface area contributed by atoms with Crippen LogP contribution in [0.3, 0.4) is 0 Å². The van der Waals surface area contributed by atoms with Gasteiger partial charge in [-0.3, -0.25) is 4.90 Å². The van der Waals surface area contributed by atoms with Gasteiger partial charge in [-0.05, 0) is 61.7 Å². The van der Waals surface area contributed by atoms with Gasteiger partial charge in [-0.25, -0.2) is 0 Å². The van der Waals surface area contributed by atoms with Crippen molar-refractivity contribution in [1.29, 1.82) is 0 Å². The smallest absolute Gasteiger partial charge is 0.0623 e. The fourth-order valence-electron chi connectivity index (χ4n) is 5.15. The molecule has 3 unspecified atom stereocenters. The molecule has 4 heteroatoms. The predicted octanol–water partition coefficient (Wildman–Crippen LogP) is 3.17. The normalized spacial score (nSPS) is 30.6. The third kappa shape index (κ3) is 5.32. The maximum absolute atomic E-state index is 5.71. The van der Waals surface area contributed by atoms with Gasteiger partial charge in [0.2, 0.25) is 0 Å². The SMILES string of the molecule is CC1CCN(Cc2cccc(CNC3CCCC3C3COCCN3)c2)CC1. The van der Waals surface area contributed by atoms with Crippen molar-refractivity contribution in [3.05, 3.63) is 35.4 Å². The molecule has 3 atom stereocenters. The molecule has 2 N–H and O–H groups in total. The first-order chi connectivity index (χ1) is 13.3. The Morgan fingerprint density at radius 3 is 2.81 bits per heavy atom. The summed E-state index contributed by atoms with van der Waals surface area (Å²) < 4.78 is 5.71. The van der Waals surface area contributed by atoms with Gasteiger partial charge in [-0.2, -0.15) is 0 Å². The summed E-state index contributed by atoms with van der Waals surface area (Å²) in [6, 6.07) is 10.4. The maximum atomic E-state index is 5.71. The van der Waals surface area contributed by atoms with Crippen LogP contribution in [-0.4, -0.2) is 49.8 Å². The van der Waals surface area contributed by atoms with E-state index in [4.69, 9.17) is 4.74 Å². The first-order valence-corrected chi connectivity index (χ1v) is 11.1. The molecule has 27 heavy (non-hydrogen) atoms. The lowest BCUT2D eigenvalue weighted by Gasteiger charge is -2.33. The fraction of sp³-hybridized carbons (Fsp3) is 0.739. The Morgan fingerprint density at radius 1 is 1.15 bits per heavy atom. The molecule has 2 saturated heterocycles. The maximum Gasteiger partial charge on any atom is 0.0623 e. The zero-order valence-corrected chi connectivity index (χ0v) is 17.0. The minimum atomic E-state index is 0.534. The molecule has 3 aliphatic rings. The summed E-state index contributed by atoms with van der Waals surface area (Å²) in [4.78, 5) is 2.62. The molecule has 150 valence electrons. The van der Waals surface area contributed by atoms with E-state index in [-0.39, 0.29) is 0 Å². The van der Waals surface area contributed by atoms with Gasteiger partial charge in [0, 0.05) is 31.7 Å². The standard InChI is InChI=1S/C23H37N3O/c1-18-8-11-26(12-9-18)16-20-5-2-4-19(14-20)15-25-22-7-3-6-21(22)23-17-27-13-10-24-23/h2,4-5,14,18,21-25H,3,6-13,15-17H2,1H3. The second-order valence-corrected chi connectivity index (χ2v) is 9.00. The third-order valence-electron chi connectivity index (χ3n) is 6.88. The largest absolute Gasteiger partial charge is 0.379 e. The summed E-state index contributed by atoms with van der Waals surface area (Å²) in [5, 5.41) is 7.55. The van der Waals surface area contributed by atoms with Gasteiger partial charge in [0.1, 0.15) is 0 Å². The van der Waals surface area contributed by atoms with Gasteiger partial charge in [-0.1, -0.05) is 37.6 Å². The number of benzene rings is 1. The first-order valence-electron chi connectivity index (χ1n) is 11.1. The van der Waals surface area contributed by atoms with Crippen molar-refractivity contribution in [1.82, 2.24) is 15.5 Å². The minimum absolute atomic E-state index is 0.534. The Balaban J connectivity index is 1.29. The van der Waals surface area contributed by atoms with Crippen molar-refractivity contribution in [2.45, 2.75) is 64.2 Å². The van der Waals surface area contributed by atoms with E-state index in [0.29, 0.717) is 18.0 Å². The number of hydrogen-bond donors (Lipinski definition) is 2. The highest BCUT2D eigenvalue weighted by atomic mass is 16.5. The van der Waals surface area contributed by atoms with Gasteiger partial charge >= 0.3 is 0 Å². The van der Waals surface area contributed by atoms with E-state index in [0.717, 1.165) is 38.8 Å². The van der Waals surface area contributed by atoms with Crippen LogP contribution in [0.5, 0.6) is 0 Å². The molecule has 4 nitrogen and oxygen atoms in total. The number of morpholine rings is 1. The Hall–Kier alpha value is -0.940. The first kappa shape index (κ1) is 19.4. The molecule has 0 amide bonds. The fourth-order valence-corrected chi connectivity index (χ4v) is 5.15. The lowest BCUT2D eigenvalue weighted by molar-refractivity contribution is 0.0524. The average Bonchev–Trinajstić information content (AvgIpc) is 3.18. The van der Waals surface area contributed by atoms with E-state index in [1.165, 1.54) is 56.3 Å². The Labute approximate surface area is 165 Å². The molecular weight excluding hydrogens is 334 g/mol. The summed E-state index contributed by atoms with van der Waals surface area (Å²) >= 11 is 0. The number of nitrogens with one attached hydrogen (secondary N) is 2. The Morgan fingerprint density at radius 2 is 2.00 bits per heavy atom. The highest BCUT2D eigenvalue weighted by molar-refractivity contribution is 5.23. The van der Waals surface area contributed by atoms with Crippen LogP contribution < -0.4 is 10.6 Å². The highest BCUT2D eigenvalue weighted by Crippen LogP contribution is 2.29. The van der Waals surface area contributed by atoms with Crippen molar-refractivity contribution in [3.8, 4) is 0 Å². The van der Waals surface area contributed by atoms with Crippen LogP contribution in [0.15, 0.2) is 24.3 Å². The van der Waals surface area contributed by atoms with Crippen LogP contribution in [-0.2, 0) is 17.8 Å². The van der Waals surface area contributed by atoms with E-state index >= 15 is 0 Å². The van der Waals surface area contributed by atoms with Crippen molar-refractivity contribution in [2.24, 2.45) is 11.8 Å². The van der Waals surface area contributed by atoms with E-state index < -0.39 is 0 Å². The molecule has 0 bridgehead atoms. The second-order valence-electron chi connectivity index (χ2n) is 9.00. The second kappa shape index (κ2) is 9.51. The van der Waals surface area contributed by atoms with E-state index in [9.17, 15) is 0 Å². The zero-order valence-electron chi connectivity index (χ0n) is 17.0. The molecule has 4 rings (SSSR count). The number of hydrogen-bond acceptors (Lipinski definition) is 4. The third-order valence-corrected chi connectivity index (χ3v) is 6.88. The average molecular weight is 372 g/mol. The summed E-state index contributed by atoms with van der Waals surface area (Å²) in [7, 11) is 0. The number of ether oxygens (including phenoxy) is 1. The molecule has 0 aromatic heterocycles. The van der Waals surface area contributed by atoms with Gasteiger partial charge in [0.15, 0.2) is 0 Å². The van der Waals surface area contributed by atoms with Crippen LogP contribution in [0.4, 0.5) is 0 Å². The van der Waals surface area contributed by atoms with Crippen LogP contribution in [0.25, 0.3) is 0 Å². The van der Waals surface area contributed by atoms with Crippen molar-refractivity contribution < 1.29 is 4.74 Å². The molecule has 1 aliphatic carbocycles. The van der Waals surface area contributed by atoms with Crippen molar-refractivity contribution in [2.75, 3.05) is 32.8 Å². The molecule has 0 spiro atoms. The zero-order chi connectivity index (χ0) is 18.5. The molecule has 2 heterocycles. The Kier molecular flexibility index (Phi) is 6.82. The quantitative estimate of drug-likeness (QED) is 0.805. The van der Waals surface area contributed by atoms with Crippen LogP contribution >= 0.6 is 0 Å². The molecule has 2 aliphatic heterocycles. The van der Waals surface area contributed by atoms with Gasteiger partial charge in [0.25, 0.3) is 0 Å². The molecule has 0 radical (unpaired) electrons. The van der Waals surface area contributed by atoms with Crippen molar-refractivity contribution in [3.63, 3.8) is 0 Å². The van der Waals surface area contributed by atoms with Crippen molar-refractivity contribution >= 4 is 0 Å². The number of piperidine rings is 1. The van der Waals surface area contributed by atoms with Gasteiger partial charge in [0.05, 0.1) is 13.2 Å². The Bertz CT molecular complexity index is 579. The molecule has 1 aromatic rings. The van der Waals surface area contributed by atoms with E-state index in [1.54, 1.807) is 0 Å². The topological polar surface area (TPSA) is 36.5 Å². The summed E-state index contributed by atoms with van der Waals surface area (Å²) in [6.07, 6.45) is 6.67. The summed E-state index contributed by atoms with van der Waals surface area (Å²) in [5.74, 6) is 1.61. The number of rotatable bonds is 6. The van der Waals surface area contributed by atoms with E-state index in [2.05, 4.69) is 46.7 Å². The summed E-state index contributed by atoms with van der Waals surface area (Å²) in [6.45, 7) is 9.74. The predicted molar refractivity (Wildman–Crippen MR) is 111 cm³/mol. The highest BCUT2D eigenvalue weighted by Gasteiger charge is 2.34. The monoisotopic (exact) mass is 371 g/mol. The van der Waals surface area contributed by atoms with Gasteiger partial charge < -0.3 is 15.4 Å². The molecule has 1 aromatic carbocycles. The van der Waals surface area contributed by atoms with E-state index in [1.807, 2.05) is 0 Å². The lowest BCUT2D eigenvalue weighted by atomic mass is 9.94. The minimum Gasteiger partial charge on any atom is -0.379 e. The van der Waals surface area contributed by atoms with Gasteiger partial charge in [-0.15, -0.1) is 0 Å². The molecule has 3 fully saturated rings. The lowest BCUT2D eigenvalue weighted by Crippen LogP contribution is -2.50. The molecular formula is C23H37N3O. The van der Waals surface area contributed by atoms with Crippen LogP contribution in [0, 0.1) is 11.8 Å². The summed E-state index contributed by atoms with van der Waals surface area (Å²) in [5.41, 5.74) is 2.89. The van der Waals surface area contributed by atoms with Crippen LogP contribution in [0.1, 0.15) is 50.2 Å². The molecule has 1 saturated carbocycles. The van der Waals surface area contributed by atoms with Crippen LogP contribution in [0.2, 0.25) is 0 Å². The number of nitrogens with zero attached hydrogens (tertiary/aromatic N) is 1. The number of likely N-dealkylation sites (tertiary alicyclic amines) is 1.